The maximum atomic E-state index is 6.07. The third kappa shape index (κ3) is 2.33. The third-order valence-electron chi connectivity index (χ3n) is 3.20. The van der Waals surface area contributed by atoms with Crippen molar-refractivity contribution in [2.75, 3.05) is 20.6 Å². The van der Waals surface area contributed by atoms with Crippen LogP contribution in [-0.2, 0) is 4.74 Å². The summed E-state index contributed by atoms with van der Waals surface area (Å²) in [6.07, 6.45) is 0.918. The molecule has 0 saturated carbocycles. The minimum absolute atomic E-state index is 0.119. The van der Waals surface area contributed by atoms with Crippen molar-refractivity contribution in [1.29, 1.82) is 0 Å². The Morgan fingerprint density at radius 2 is 1.80 bits per heavy atom. The van der Waals surface area contributed by atoms with Gasteiger partial charge in [-0.25, -0.2) is 10.4 Å². The van der Waals surface area contributed by atoms with Crippen LogP contribution in [-0.4, -0.2) is 42.4 Å². The molecule has 0 aromatic carbocycles. The number of hydrogen-bond donors (Lipinski definition) is 2. The number of hydrazine groups is 1. The van der Waals surface area contributed by atoms with Crippen molar-refractivity contribution in [3.63, 3.8) is 0 Å². The summed E-state index contributed by atoms with van der Waals surface area (Å²) < 4.78 is 6.07. The van der Waals surface area contributed by atoms with E-state index in [1.807, 2.05) is 19.1 Å². The van der Waals surface area contributed by atoms with Gasteiger partial charge in [0.1, 0.15) is 0 Å². The van der Waals surface area contributed by atoms with Crippen LogP contribution in [0.3, 0.4) is 0 Å². The van der Waals surface area contributed by atoms with Gasteiger partial charge in [0, 0.05) is 20.6 Å². The summed E-state index contributed by atoms with van der Waals surface area (Å²) in [7, 11) is 3.97. The number of nitrogens with two attached hydrogens (primary N) is 1. The summed E-state index contributed by atoms with van der Waals surface area (Å²) in [6.45, 7) is 9.00. The molecule has 1 saturated heterocycles. The lowest BCUT2D eigenvalue weighted by Gasteiger charge is -2.41. The third-order valence-corrected chi connectivity index (χ3v) is 3.20. The average Bonchev–Trinajstić information content (AvgIpc) is 2.15. The molecule has 15 heavy (non-hydrogen) atoms. The van der Waals surface area contributed by atoms with Crippen molar-refractivity contribution < 1.29 is 4.74 Å². The molecule has 0 aromatic rings. The highest BCUT2D eigenvalue weighted by atomic mass is 16.5. The van der Waals surface area contributed by atoms with Crippen molar-refractivity contribution >= 4 is 0 Å². The Bertz CT molecular complexity index is 238. The van der Waals surface area contributed by atoms with Gasteiger partial charge in [-0.1, -0.05) is 0 Å². The standard InChI is InChI=1S/C11H25N3O/c1-9(2)7-11(8-12,13-14(5)6)10(3,4)15-9/h13H,7-8,12H2,1-6H3. The zero-order valence-corrected chi connectivity index (χ0v) is 10.8. The van der Waals surface area contributed by atoms with Crippen LogP contribution in [0.1, 0.15) is 34.1 Å². The number of ether oxygens (including phenoxy) is 1. The number of hydrogen-bond acceptors (Lipinski definition) is 4. The van der Waals surface area contributed by atoms with E-state index in [4.69, 9.17) is 10.5 Å². The van der Waals surface area contributed by atoms with Gasteiger partial charge in [0.15, 0.2) is 0 Å². The fourth-order valence-corrected chi connectivity index (χ4v) is 2.73. The molecule has 4 heteroatoms. The molecule has 1 rings (SSSR count). The number of nitrogens with zero attached hydrogens (tertiary/aromatic N) is 1. The second-order valence-electron chi connectivity index (χ2n) is 5.84. The molecule has 1 fully saturated rings. The summed E-state index contributed by atoms with van der Waals surface area (Å²) in [5.41, 5.74) is 8.82. The van der Waals surface area contributed by atoms with Gasteiger partial charge < -0.3 is 10.5 Å². The summed E-state index contributed by atoms with van der Waals surface area (Å²) in [5, 5.41) is 1.96. The van der Waals surface area contributed by atoms with Crippen LogP contribution >= 0.6 is 0 Å². The molecule has 0 radical (unpaired) electrons. The SMILES string of the molecule is CN(C)NC1(CN)CC(C)(C)OC1(C)C. The van der Waals surface area contributed by atoms with Gasteiger partial charge in [-0.15, -0.1) is 0 Å². The molecular formula is C11H25N3O. The van der Waals surface area contributed by atoms with Gasteiger partial charge in [0.2, 0.25) is 0 Å². The van der Waals surface area contributed by atoms with Gasteiger partial charge in [0.05, 0.1) is 16.7 Å². The Morgan fingerprint density at radius 3 is 2.07 bits per heavy atom. The van der Waals surface area contributed by atoms with Gasteiger partial charge in [-0.2, -0.15) is 0 Å². The zero-order chi connectivity index (χ0) is 11.9. The second-order valence-corrected chi connectivity index (χ2v) is 5.84. The molecule has 1 heterocycles. The highest BCUT2D eigenvalue weighted by Gasteiger charge is 2.56. The van der Waals surface area contributed by atoms with Crippen molar-refractivity contribution in [2.45, 2.75) is 50.9 Å². The molecule has 4 nitrogen and oxygen atoms in total. The Morgan fingerprint density at radius 1 is 1.27 bits per heavy atom. The van der Waals surface area contributed by atoms with Crippen molar-refractivity contribution in [3.8, 4) is 0 Å². The highest BCUT2D eigenvalue weighted by molar-refractivity contribution is 5.11. The molecule has 0 spiro atoms. The first-order valence-corrected chi connectivity index (χ1v) is 5.50. The van der Waals surface area contributed by atoms with Crippen LogP contribution in [0.25, 0.3) is 0 Å². The summed E-state index contributed by atoms with van der Waals surface area (Å²) in [4.78, 5) is 0. The molecule has 0 aromatic heterocycles. The number of rotatable bonds is 3. The summed E-state index contributed by atoms with van der Waals surface area (Å²) >= 11 is 0. The van der Waals surface area contributed by atoms with E-state index in [0.717, 1.165) is 6.42 Å². The molecule has 1 aliphatic rings. The summed E-state index contributed by atoms with van der Waals surface area (Å²) in [5.74, 6) is 0. The van der Waals surface area contributed by atoms with Crippen LogP contribution in [0.2, 0.25) is 0 Å². The lowest BCUT2D eigenvalue weighted by Crippen LogP contribution is -2.65. The zero-order valence-electron chi connectivity index (χ0n) is 10.8. The fourth-order valence-electron chi connectivity index (χ4n) is 2.73. The Kier molecular flexibility index (Phi) is 3.18. The van der Waals surface area contributed by atoms with E-state index < -0.39 is 0 Å². The van der Waals surface area contributed by atoms with Crippen LogP contribution in [0, 0.1) is 0 Å². The Hall–Kier alpha value is -0.160. The van der Waals surface area contributed by atoms with E-state index in [9.17, 15) is 0 Å². The normalized spacial score (nSPS) is 33.6. The predicted molar refractivity (Wildman–Crippen MR) is 62.5 cm³/mol. The smallest absolute Gasteiger partial charge is 0.0841 e. The molecule has 0 amide bonds. The topological polar surface area (TPSA) is 50.5 Å². The molecular weight excluding hydrogens is 190 g/mol. The van der Waals surface area contributed by atoms with Crippen molar-refractivity contribution in [2.24, 2.45) is 5.73 Å². The lowest BCUT2D eigenvalue weighted by molar-refractivity contribution is -0.0891. The second kappa shape index (κ2) is 3.70. The monoisotopic (exact) mass is 215 g/mol. The lowest BCUT2D eigenvalue weighted by atomic mass is 9.79. The van der Waals surface area contributed by atoms with E-state index >= 15 is 0 Å². The van der Waals surface area contributed by atoms with E-state index in [-0.39, 0.29) is 16.7 Å². The Balaban J connectivity index is 2.97. The maximum Gasteiger partial charge on any atom is 0.0841 e. The van der Waals surface area contributed by atoms with Crippen molar-refractivity contribution in [1.82, 2.24) is 10.4 Å². The number of nitrogens with one attached hydrogen (secondary N) is 1. The van der Waals surface area contributed by atoms with E-state index in [1.54, 1.807) is 0 Å². The van der Waals surface area contributed by atoms with Gasteiger partial charge in [-0.3, -0.25) is 0 Å². The molecule has 0 bridgehead atoms. The molecule has 0 aliphatic carbocycles. The fraction of sp³-hybridized carbons (Fsp3) is 1.00. The maximum absolute atomic E-state index is 6.07. The molecule has 1 atom stereocenters. The van der Waals surface area contributed by atoms with Crippen LogP contribution in [0.15, 0.2) is 0 Å². The minimum Gasteiger partial charge on any atom is -0.368 e. The van der Waals surface area contributed by atoms with Crippen LogP contribution < -0.4 is 11.2 Å². The minimum atomic E-state index is -0.254. The van der Waals surface area contributed by atoms with Gasteiger partial charge >= 0.3 is 0 Å². The van der Waals surface area contributed by atoms with E-state index in [1.165, 1.54) is 0 Å². The first kappa shape index (κ1) is 12.9. The molecule has 1 aliphatic heterocycles. The van der Waals surface area contributed by atoms with Crippen molar-refractivity contribution in [3.05, 3.63) is 0 Å². The Labute approximate surface area is 93.1 Å². The van der Waals surface area contributed by atoms with Gasteiger partial charge in [-0.05, 0) is 34.1 Å². The highest BCUT2D eigenvalue weighted by Crippen LogP contribution is 2.44. The van der Waals surface area contributed by atoms with Gasteiger partial charge in [0.25, 0.3) is 0 Å². The van der Waals surface area contributed by atoms with Crippen LogP contribution in [0.4, 0.5) is 0 Å². The predicted octanol–water partition coefficient (Wildman–Crippen LogP) is 0.728. The quantitative estimate of drug-likeness (QED) is 0.681. The average molecular weight is 215 g/mol. The molecule has 1 unspecified atom stereocenters. The molecule has 90 valence electrons. The first-order chi connectivity index (χ1) is 6.64. The first-order valence-electron chi connectivity index (χ1n) is 5.50. The molecule has 3 N–H and O–H groups in total. The summed E-state index contributed by atoms with van der Waals surface area (Å²) in [6, 6.07) is 0. The van der Waals surface area contributed by atoms with Crippen LogP contribution in [0.5, 0.6) is 0 Å². The van der Waals surface area contributed by atoms with E-state index in [0.29, 0.717) is 6.54 Å². The van der Waals surface area contributed by atoms with E-state index in [2.05, 4.69) is 33.1 Å². The largest absolute Gasteiger partial charge is 0.368 e.